The van der Waals surface area contributed by atoms with E-state index in [1.807, 2.05) is 0 Å². The molecule has 0 rings (SSSR count). The number of hydrogen-bond donors (Lipinski definition) is 4. The fourth-order valence-electron chi connectivity index (χ4n) is 0. The molecule has 0 spiro atoms. The Labute approximate surface area is 58.7 Å². The molecule has 0 aliphatic heterocycles. The normalized spacial score (nSPS) is 9.78. The molecule has 0 saturated heterocycles. The Morgan fingerprint density at radius 1 is 1.33 bits per heavy atom. The van der Waals surface area contributed by atoms with Crippen LogP contribution in [-0.2, 0) is 10.4 Å². The minimum Gasteiger partial charge on any atom is -0.396 e. The van der Waals surface area contributed by atoms with Crippen LogP contribution in [0.2, 0.25) is 0 Å². The molecule has 0 unspecified atom stereocenters. The second kappa shape index (κ2) is 6.30. The van der Waals surface area contributed by atoms with E-state index in [0.29, 0.717) is 5.75 Å². The van der Waals surface area contributed by atoms with Crippen LogP contribution in [0.15, 0.2) is 0 Å². The first-order chi connectivity index (χ1) is 3.91. The summed E-state index contributed by atoms with van der Waals surface area (Å²) in [5.74, 6) is 0.569. The summed E-state index contributed by atoms with van der Waals surface area (Å²) < 4.78 is 31.6. The number of rotatable bonds is 1. The summed E-state index contributed by atoms with van der Waals surface area (Å²) in [5, 5.41) is 7.80. The molecule has 0 aliphatic carbocycles. The zero-order valence-electron chi connectivity index (χ0n) is 4.43. The molecule has 7 heteroatoms. The highest BCUT2D eigenvalue weighted by Gasteiger charge is 1.84. The Balaban J connectivity index is 0. The van der Waals surface area contributed by atoms with Gasteiger partial charge in [-0.05, 0) is 0 Å². The van der Waals surface area contributed by atoms with Crippen molar-refractivity contribution in [2.24, 2.45) is 0 Å². The summed E-state index contributed by atoms with van der Waals surface area (Å²) in [6.07, 6.45) is 0. The van der Waals surface area contributed by atoms with E-state index in [9.17, 15) is 0 Å². The van der Waals surface area contributed by atoms with Crippen molar-refractivity contribution in [3.63, 3.8) is 0 Å². The molecular weight excluding hydrogens is 168 g/mol. The maximum absolute atomic E-state index is 8.74. The fourth-order valence-corrected chi connectivity index (χ4v) is 0. The number of hydrogen-bond acceptors (Lipinski definition) is 4. The van der Waals surface area contributed by atoms with Gasteiger partial charge in [0.2, 0.25) is 0 Å². The highest BCUT2D eigenvalue weighted by atomic mass is 32.3. The van der Waals surface area contributed by atoms with Gasteiger partial charge in [0.1, 0.15) is 0 Å². The average Bonchev–Trinajstić information content (AvgIpc) is 1.61. The van der Waals surface area contributed by atoms with Crippen molar-refractivity contribution >= 4 is 23.0 Å². The van der Waals surface area contributed by atoms with Gasteiger partial charge in [-0.15, -0.1) is 0 Å². The molecule has 0 radical (unpaired) electrons. The molecule has 0 atom stereocenters. The third-order valence-electron chi connectivity index (χ3n) is 0.1000. The van der Waals surface area contributed by atoms with E-state index in [1.54, 1.807) is 0 Å². The fraction of sp³-hybridized carbons (Fsp3) is 1.00. The Morgan fingerprint density at radius 2 is 1.44 bits per heavy atom. The van der Waals surface area contributed by atoms with E-state index in [2.05, 4.69) is 12.6 Å². The van der Waals surface area contributed by atoms with E-state index in [1.165, 1.54) is 0 Å². The Kier molecular flexibility index (Phi) is 8.34. The predicted molar refractivity (Wildman–Crippen MR) is 35.1 cm³/mol. The van der Waals surface area contributed by atoms with Crippen LogP contribution in [0.3, 0.4) is 0 Å². The van der Waals surface area contributed by atoms with E-state index >= 15 is 0 Å². The van der Waals surface area contributed by atoms with Gasteiger partial charge in [0.05, 0.1) is 6.61 Å². The molecule has 0 amide bonds. The SMILES string of the molecule is O=S(=O)(O)O.OCCS. The van der Waals surface area contributed by atoms with Crippen LogP contribution in [0.4, 0.5) is 0 Å². The standard InChI is InChI=1S/C2H6OS.H2O4S/c3-1-2-4;1-5(2,3)4/h3-4H,1-2H2;(H2,1,2,3,4). The molecule has 0 aromatic carbocycles. The summed E-state index contributed by atoms with van der Waals surface area (Å²) in [7, 11) is -4.67. The third kappa shape index (κ3) is 224. The lowest BCUT2D eigenvalue weighted by Gasteiger charge is -1.69. The van der Waals surface area contributed by atoms with E-state index < -0.39 is 10.4 Å². The number of thiol groups is 1. The molecule has 0 aliphatic rings. The monoisotopic (exact) mass is 176 g/mol. The summed E-state index contributed by atoms with van der Waals surface area (Å²) in [5.41, 5.74) is 0. The second-order valence-electron chi connectivity index (χ2n) is 0.895. The zero-order valence-corrected chi connectivity index (χ0v) is 6.14. The molecule has 9 heavy (non-hydrogen) atoms. The first kappa shape index (κ1) is 11.9. The molecule has 0 saturated carbocycles. The van der Waals surface area contributed by atoms with Gasteiger partial charge in [0, 0.05) is 5.75 Å². The van der Waals surface area contributed by atoms with Crippen LogP contribution in [0.25, 0.3) is 0 Å². The topological polar surface area (TPSA) is 94.8 Å². The van der Waals surface area contributed by atoms with Crippen molar-refractivity contribution in [2.45, 2.75) is 0 Å². The molecule has 0 bridgehead atoms. The third-order valence-corrected chi connectivity index (χ3v) is 0.300. The molecule has 0 fully saturated rings. The maximum Gasteiger partial charge on any atom is 0.394 e. The average molecular weight is 176 g/mol. The molecule has 3 N–H and O–H groups in total. The Bertz CT molecular complexity index is 116. The summed E-state index contributed by atoms with van der Waals surface area (Å²) >= 11 is 3.67. The van der Waals surface area contributed by atoms with Crippen molar-refractivity contribution in [3.05, 3.63) is 0 Å². The van der Waals surface area contributed by atoms with Crippen LogP contribution in [0.5, 0.6) is 0 Å². The predicted octanol–water partition coefficient (Wildman–Crippen LogP) is -0.744. The highest BCUT2D eigenvalue weighted by molar-refractivity contribution is 7.80. The van der Waals surface area contributed by atoms with Gasteiger partial charge in [-0.1, -0.05) is 0 Å². The Morgan fingerprint density at radius 3 is 1.44 bits per heavy atom. The van der Waals surface area contributed by atoms with Gasteiger partial charge in [0.15, 0.2) is 0 Å². The van der Waals surface area contributed by atoms with E-state index in [4.69, 9.17) is 22.6 Å². The quantitative estimate of drug-likeness (QED) is 0.311. The van der Waals surface area contributed by atoms with Gasteiger partial charge < -0.3 is 5.11 Å². The van der Waals surface area contributed by atoms with E-state index in [0.717, 1.165) is 0 Å². The highest BCUT2D eigenvalue weighted by Crippen LogP contribution is 1.61. The summed E-state index contributed by atoms with van der Waals surface area (Å²) in [6.45, 7) is 0.184. The van der Waals surface area contributed by atoms with Crippen LogP contribution < -0.4 is 0 Å². The van der Waals surface area contributed by atoms with Crippen molar-refractivity contribution in [1.29, 1.82) is 0 Å². The maximum atomic E-state index is 8.74. The molecular formula is C2H8O5S2. The Hall–Kier alpha value is 0.180. The molecule has 0 aromatic rings. The van der Waals surface area contributed by atoms with Crippen LogP contribution in [0, 0.1) is 0 Å². The van der Waals surface area contributed by atoms with Crippen molar-refractivity contribution in [1.82, 2.24) is 0 Å². The van der Waals surface area contributed by atoms with Crippen molar-refractivity contribution < 1.29 is 22.6 Å². The molecule has 58 valence electrons. The molecule has 0 heterocycles. The zero-order chi connectivity index (χ0) is 7.91. The van der Waals surface area contributed by atoms with Gasteiger partial charge in [-0.3, -0.25) is 9.11 Å². The number of aliphatic hydroxyl groups is 1. The van der Waals surface area contributed by atoms with Crippen LogP contribution >= 0.6 is 12.6 Å². The van der Waals surface area contributed by atoms with Crippen molar-refractivity contribution in [3.8, 4) is 0 Å². The lowest BCUT2D eigenvalue weighted by molar-refractivity contribution is 0.323. The summed E-state index contributed by atoms with van der Waals surface area (Å²) in [6, 6.07) is 0. The van der Waals surface area contributed by atoms with E-state index in [-0.39, 0.29) is 6.61 Å². The lowest BCUT2D eigenvalue weighted by Crippen LogP contribution is -1.89. The number of aliphatic hydroxyl groups excluding tert-OH is 1. The van der Waals surface area contributed by atoms with Crippen LogP contribution in [-0.4, -0.2) is 35.0 Å². The van der Waals surface area contributed by atoms with Gasteiger partial charge in [-0.25, -0.2) is 0 Å². The minimum atomic E-state index is -4.67. The molecule has 0 aromatic heterocycles. The van der Waals surface area contributed by atoms with Crippen LogP contribution in [0.1, 0.15) is 0 Å². The lowest BCUT2D eigenvalue weighted by atomic mass is 10.9. The first-order valence-corrected chi connectivity index (χ1v) is 3.86. The van der Waals surface area contributed by atoms with Gasteiger partial charge >= 0.3 is 10.4 Å². The minimum absolute atomic E-state index is 0.184. The van der Waals surface area contributed by atoms with Gasteiger partial charge in [-0.2, -0.15) is 21.0 Å². The summed E-state index contributed by atoms with van der Waals surface area (Å²) in [4.78, 5) is 0. The largest absolute Gasteiger partial charge is 0.396 e. The van der Waals surface area contributed by atoms with Crippen molar-refractivity contribution in [2.75, 3.05) is 12.4 Å². The molecule has 5 nitrogen and oxygen atoms in total. The van der Waals surface area contributed by atoms with Gasteiger partial charge in [0.25, 0.3) is 0 Å². The second-order valence-corrected chi connectivity index (χ2v) is 2.24. The smallest absolute Gasteiger partial charge is 0.394 e. The first-order valence-electron chi connectivity index (χ1n) is 1.83.